The predicted octanol–water partition coefficient (Wildman–Crippen LogP) is 3.46. The van der Waals surface area contributed by atoms with E-state index in [9.17, 15) is 9.59 Å². The summed E-state index contributed by atoms with van der Waals surface area (Å²) in [6, 6.07) is 9.86. The van der Waals surface area contributed by atoms with E-state index in [4.69, 9.17) is 28.9 Å². The summed E-state index contributed by atoms with van der Waals surface area (Å²) in [4.78, 5) is 23.9. The number of hydrogen-bond donors (Lipinski definition) is 3. The Labute approximate surface area is 137 Å². The van der Waals surface area contributed by atoms with Crippen molar-refractivity contribution in [3.63, 3.8) is 0 Å². The highest BCUT2D eigenvalue weighted by Gasteiger charge is 2.18. The van der Waals surface area contributed by atoms with Crippen LogP contribution in [-0.4, -0.2) is 11.8 Å². The molecule has 0 radical (unpaired) electrons. The molecule has 7 heteroatoms. The molecule has 0 saturated carbocycles. The number of benzene rings is 2. The zero-order valence-electron chi connectivity index (χ0n) is 11.6. The first-order valence-electron chi connectivity index (χ1n) is 6.31. The number of nitrogen functional groups attached to an aromatic ring is 1. The average molecular weight is 338 g/mol. The molecule has 114 valence electrons. The second-order valence-electron chi connectivity index (χ2n) is 4.60. The van der Waals surface area contributed by atoms with Crippen molar-refractivity contribution in [3.8, 4) is 0 Å². The molecule has 22 heavy (non-hydrogen) atoms. The number of halogens is 2. The molecular weight excluding hydrogens is 325 g/mol. The van der Waals surface area contributed by atoms with Crippen molar-refractivity contribution in [3.05, 3.63) is 52.0 Å². The molecule has 2 aromatic rings. The lowest BCUT2D eigenvalue weighted by Gasteiger charge is -2.11. The van der Waals surface area contributed by atoms with Crippen LogP contribution in [0.25, 0.3) is 0 Å². The van der Waals surface area contributed by atoms with E-state index >= 15 is 0 Å². The molecule has 0 saturated heterocycles. The maximum atomic E-state index is 11.9. The Kier molecular flexibility index (Phi) is 4.90. The number of anilines is 3. The summed E-state index contributed by atoms with van der Waals surface area (Å²) < 4.78 is 0. The summed E-state index contributed by atoms with van der Waals surface area (Å²) in [6.07, 6.45) is 0. The smallest absolute Gasteiger partial charge is 0.314 e. The van der Waals surface area contributed by atoms with Gasteiger partial charge in [-0.3, -0.25) is 9.59 Å². The van der Waals surface area contributed by atoms with Gasteiger partial charge in [-0.15, -0.1) is 0 Å². The highest BCUT2D eigenvalue weighted by Crippen LogP contribution is 2.29. The Bertz CT molecular complexity index is 727. The van der Waals surface area contributed by atoms with Crippen molar-refractivity contribution in [1.82, 2.24) is 0 Å². The van der Waals surface area contributed by atoms with Gasteiger partial charge in [0.2, 0.25) is 0 Å². The van der Waals surface area contributed by atoms with E-state index in [-0.39, 0.29) is 15.7 Å². The van der Waals surface area contributed by atoms with Gasteiger partial charge in [0.15, 0.2) is 0 Å². The number of carbonyl (C=O) groups excluding carboxylic acids is 2. The van der Waals surface area contributed by atoms with Crippen LogP contribution < -0.4 is 16.4 Å². The van der Waals surface area contributed by atoms with E-state index in [0.29, 0.717) is 11.4 Å². The summed E-state index contributed by atoms with van der Waals surface area (Å²) >= 11 is 11.9. The van der Waals surface area contributed by atoms with E-state index in [1.165, 1.54) is 0 Å². The zero-order valence-corrected chi connectivity index (χ0v) is 13.1. The largest absolute Gasteiger partial charge is 0.397 e. The molecule has 0 fully saturated rings. The second kappa shape index (κ2) is 6.68. The fraction of sp³-hybridized carbons (Fsp3) is 0.0667. The van der Waals surface area contributed by atoms with E-state index in [1.54, 1.807) is 36.4 Å². The van der Waals surface area contributed by atoms with Gasteiger partial charge in [0.05, 0.1) is 27.1 Å². The average Bonchev–Trinajstić information content (AvgIpc) is 2.46. The molecular formula is C15H13Cl2N3O2. The quantitative estimate of drug-likeness (QED) is 0.579. The Morgan fingerprint density at radius 1 is 1.00 bits per heavy atom. The fourth-order valence-corrected chi connectivity index (χ4v) is 2.24. The molecule has 0 aliphatic rings. The Morgan fingerprint density at radius 3 is 2.23 bits per heavy atom. The fourth-order valence-electron chi connectivity index (χ4n) is 1.74. The first-order chi connectivity index (χ1) is 10.4. The third kappa shape index (κ3) is 3.69. The van der Waals surface area contributed by atoms with Crippen LogP contribution in [0.1, 0.15) is 5.56 Å². The van der Waals surface area contributed by atoms with E-state index in [2.05, 4.69) is 10.6 Å². The van der Waals surface area contributed by atoms with Crippen LogP contribution >= 0.6 is 23.2 Å². The number of hydrogen-bond acceptors (Lipinski definition) is 3. The minimum Gasteiger partial charge on any atom is -0.397 e. The summed E-state index contributed by atoms with van der Waals surface area (Å²) in [5.74, 6) is -1.76. The Morgan fingerprint density at radius 2 is 1.59 bits per heavy atom. The van der Waals surface area contributed by atoms with Crippen LogP contribution in [0.2, 0.25) is 10.0 Å². The van der Waals surface area contributed by atoms with Crippen molar-refractivity contribution in [2.75, 3.05) is 16.4 Å². The number of nitrogens with two attached hydrogens (primary N) is 1. The number of rotatable bonds is 2. The third-order valence-corrected chi connectivity index (χ3v) is 3.49. The SMILES string of the molecule is Cc1ccc(N)c(NC(=O)C(=O)Nc2c(Cl)cccc2Cl)c1. The van der Waals surface area contributed by atoms with Crippen LogP contribution in [-0.2, 0) is 9.59 Å². The molecule has 0 bridgehead atoms. The molecule has 2 amide bonds. The van der Waals surface area contributed by atoms with E-state index < -0.39 is 11.8 Å². The van der Waals surface area contributed by atoms with Crippen molar-refractivity contribution in [2.45, 2.75) is 6.92 Å². The highest BCUT2D eigenvalue weighted by molar-refractivity contribution is 6.46. The van der Waals surface area contributed by atoms with Gasteiger partial charge in [-0.1, -0.05) is 35.3 Å². The molecule has 4 N–H and O–H groups in total. The number of carbonyl (C=O) groups is 2. The molecule has 5 nitrogen and oxygen atoms in total. The summed E-state index contributed by atoms with van der Waals surface area (Å²) in [5, 5.41) is 5.30. The minimum atomic E-state index is -0.893. The van der Waals surface area contributed by atoms with Gasteiger partial charge in [-0.05, 0) is 36.8 Å². The number of para-hydroxylation sites is 1. The summed E-state index contributed by atoms with van der Waals surface area (Å²) in [6.45, 7) is 1.85. The molecule has 0 aliphatic heterocycles. The Balaban J connectivity index is 2.13. The number of nitrogens with one attached hydrogen (secondary N) is 2. The molecule has 2 aromatic carbocycles. The van der Waals surface area contributed by atoms with Crippen molar-refractivity contribution in [2.24, 2.45) is 0 Å². The van der Waals surface area contributed by atoms with Crippen LogP contribution in [0.4, 0.5) is 17.1 Å². The van der Waals surface area contributed by atoms with Gasteiger partial charge in [0, 0.05) is 0 Å². The monoisotopic (exact) mass is 337 g/mol. The first kappa shape index (κ1) is 16.1. The molecule has 0 aliphatic carbocycles. The maximum absolute atomic E-state index is 11.9. The molecule has 0 heterocycles. The predicted molar refractivity (Wildman–Crippen MR) is 89.3 cm³/mol. The minimum absolute atomic E-state index is 0.184. The van der Waals surface area contributed by atoms with Gasteiger partial charge >= 0.3 is 11.8 Å². The van der Waals surface area contributed by atoms with Crippen molar-refractivity contribution in [1.29, 1.82) is 0 Å². The topological polar surface area (TPSA) is 84.2 Å². The Hall–Kier alpha value is -2.24. The molecule has 2 rings (SSSR count). The van der Waals surface area contributed by atoms with Crippen LogP contribution in [0.3, 0.4) is 0 Å². The second-order valence-corrected chi connectivity index (χ2v) is 5.41. The van der Waals surface area contributed by atoms with E-state index in [1.807, 2.05) is 6.92 Å². The van der Waals surface area contributed by atoms with Gasteiger partial charge in [0.1, 0.15) is 0 Å². The number of amides is 2. The lowest BCUT2D eigenvalue weighted by Crippen LogP contribution is -2.29. The lowest BCUT2D eigenvalue weighted by molar-refractivity contribution is -0.132. The summed E-state index contributed by atoms with van der Waals surface area (Å²) in [5.41, 5.74) is 7.57. The lowest BCUT2D eigenvalue weighted by atomic mass is 10.2. The molecule has 0 unspecified atom stereocenters. The first-order valence-corrected chi connectivity index (χ1v) is 7.06. The summed E-state index contributed by atoms with van der Waals surface area (Å²) in [7, 11) is 0. The highest BCUT2D eigenvalue weighted by atomic mass is 35.5. The van der Waals surface area contributed by atoms with Crippen LogP contribution in [0.5, 0.6) is 0 Å². The van der Waals surface area contributed by atoms with Gasteiger partial charge in [-0.25, -0.2) is 0 Å². The normalized spacial score (nSPS) is 10.1. The third-order valence-electron chi connectivity index (χ3n) is 2.86. The maximum Gasteiger partial charge on any atom is 0.314 e. The van der Waals surface area contributed by atoms with Gasteiger partial charge in [-0.2, -0.15) is 0 Å². The van der Waals surface area contributed by atoms with Crippen LogP contribution in [0.15, 0.2) is 36.4 Å². The van der Waals surface area contributed by atoms with Gasteiger partial charge < -0.3 is 16.4 Å². The number of aryl methyl sites for hydroxylation is 1. The molecule has 0 atom stereocenters. The standard InChI is InChI=1S/C15H13Cl2N3O2/c1-8-5-6-11(18)12(7-8)19-14(21)15(22)20-13-9(16)3-2-4-10(13)17/h2-7H,18H2,1H3,(H,19,21)(H,20,22). The van der Waals surface area contributed by atoms with Crippen molar-refractivity contribution >= 4 is 52.1 Å². The molecule has 0 aromatic heterocycles. The van der Waals surface area contributed by atoms with E-state index in [0.717, 1.165) is 5.56 Å². The van der Waals surface area contributed by atoms with Crippen LogP contribution in [0, 0.1) is 6.92 Å². The molecule has 0 spiro atoms. The van der Waals surface area contributed by atoms with Gasteiger partial charge in [0.25, 0.3) is 0 Å². The zero-order chi connectivity index (χ0) is 16.3. The van der Waals surface area contributed by atoms with Crippen molar-refractivity contribution < 1.29 is 9.59 Å².